The van der Waals surface area contributed by atoms with E-state index < -0.39 is 0 Å². The number of fused-ring (bicyclic) bond motifs is 8. The number of hydrogen-bond donors (Lipinski definition) is 0. The van der Waals surface area contributed by atoms with Crippen molar-refractivity contribution in [3.63, 3.8) is 0 Å². The van der Waals surface area contributed by atoms with Crippen molar-refractivity contribution in [1.29, 1.82) is 0 Å². The Kier molecular flexibility index (Phi) is 9.10. The summed E-state index contributed by atoms with van der Waals surface area (Å²) in [5.74, 6) is 0. The molecular formula is C56H40N4S. The van der Waals surface area contributed by atoms with Crippen LogP contribution in [-0.4, -0.2) is 9.97 Å². The highest BCUT2D eigenvalue weighted by Gasteiger charge is 2.21. The molecule has 8 aromatic carbocycles. The highest BCUT2D eigenvalue weighted by molar-refractivity contribution is 7.27. The second-order valence-electron chi connectivity index (χ2n) is 15.6. The number of anilines is 6. The van der Waals surface area contributed by atoms with E-state index in [0.717, 1.165) is 34.1 Å². The number of rotatable bonds is 8. The van der Waals surface area contributed by atoms with Gasteiger partial charge in [0, 0.05) is 60.7 Å². The van der Waals surface area contributed by atoms with Crippen LogP contribution < -0.4 is 9.80 Å². The molecule has 0 atom stereocenters. The predicted octanol–water partition coefficient (Wildman–Crippen LogP) is 16.0. The Bertz CT molecular complexity index is 3380. The molecule has 0 N–H and O–H groups in total. The van der Waals surface area contributed by atoms with E-state index in [4.69, 9.17) is 0 Å². The molecular weight excluding hydrogens is 761 g/mol. The maximum atomic E-state index is 4.57. The molecule has 3 aromatic heterocycles. The molecule has 4 nitrogen and oxygen atoms in total. The van der Waals surface area contributed by atoms with Gasteiger partial charge in [-0.2, -0.15) is 0 Å². The van der Waals surface area contributed by atoms with Gasteiger partial charge in [0.1, 0.15) is 0 Å². The van der Waals surface area contributed by atoms with Gasteiger partial charge in [-0.15, -0.1) is 11.3 Å². The van der Waals surface area contributed by atoms with E-state index in [0.29, 0.717) is 0 Å². The lowest BCUT2D eigenvalue weighted by molar-refractivity contribution is 1.23. The number of aryl methyl sites for hydroxylation is 2. The van der Waals surface area contributed by atoms with Crippen LogP contribution in [0.2, 0.25) is 0 Å². The Hall–Kier alpha value is -7.60. The summed E-state index contributed by atoms with van der Waals surface area (Å²) >= 11 is 1.87. The Morgan fingerprint density at radius 2 is 0.869 bits per heavy atom. The lowest BCUT2D eigenvalue weighted by Gasteiger charge is -2.26. The molecule has 0 saturated carbocycles. The summed E-state index contributed by atoms with van der Waals surface area (Å²) < 4.78 is 2.53. The second kappa shape index (κ2) is 15.2. The fourth-order valence-corrected chi connectivity index (χ4v) is 10.2. The van der Waals surface area contributed by atoms with Crippen LogP contribution in [0, 0.1) is 13.8 Å². The third-order valence-electron chi connectivity index (χ3n) is 11.9. The highest BCUT2D eigenvalue weighted by Crippen LogP contribution is 2.48. The molecule has 3 heterocycles. The fraction of sp³-hybridized carbons (Fsp3) is 0.0357. The third kappa shape index (κ3) is 6.47. The normalized spacial score (nSPS) is 11.4. The largest absolute Gasteiger partial charge is 0.309 e. The predicted molar refractivity (Wildman–Crippen MR) is 260 cm³/mol. The zero-order valence-corrected chi connectivity index (χ0v) is 34.6. The van der Waals surface area contributed by atoms with Gasteiger partial charge in [-0.1, -0.05) is 109 Å². The lowest BCUT2D eigenvalue weighted by Crippen LogP contribution is -2.10. The standard InChI is InChI=1S/C56H40N4S/c1-37-21-23-41(31-51(37)39-13-5-3-6-14-39)59(45-17-11-29-57-35-45)43-25-27-49-53(33-43)47-19-9-10-20-48(47)55-50-28-26-44(34-54(50)61-56(49)55)60(46-18-12-30-58-36-46)42-24-22-38(2)52(32-42)40-15-7-4-8-16-40/h3-36H,1-2H3. The molecule has 0 fully saturated rings. The van der Waals surface area contributed by atoms with Gasteiger partial charge in [0.05, 0.1) is 23.8 Å². The number of hydrogen-bond acceptors (Lipinski definition) is 5. The smallest absolute Gasteiger partial charge is 0.0644 e. The van der Waals surface area contributed by atoms with Crippen molar-refractivity contribution in [3.8, 4) is 22.3 Å². The fourth-order valence-electron chi connectivity index (χ4n) is 8.93. The monoisotopic (exact) mass is 800 g/mol. The maximum Gasteiger partial charge on any atom is 0.0644 e. The van der Waals surface area contributed by atoms with Crippen molar-refractivity contribution >= 4 is 87.2 Å². The Labute approximate surface area is 359 Å². The van der Waals surface area contributed by atoms with E-state index in [9.17, 15) is 0 Å². The Morgan fingerprint density at radius 3 is 1.43 bits per heavy atom. The molecule has 11 aromatic rings. The number of benzene rings is 8. The van der Waals surface area contributed by atoms with Crippen molar-refractivity contribution in [2.75, 3.05) is 9.80 Å². The van der Waals surface area contributed by atoms with Crippen LogP contribution in [0.25, 0.3) is 64.0 Å². The van der Waals surface area contributed by atoms with Gasteiger partial charge in [0.25, 0.3) is 0 Å². The van der Waals surface area contributed by atoms with Crippen LogP contribution in [-0.2, 0) is 0 Å². The van der Waals surface area contributed by atoms with Gasteiger partial charge >= 0.3 is 0 Å². The molecule has 0 amide bonds. The highest BCUT2D eigenvalue weighted by atomic mass is 32.1. The van der Waals surface area contributed by atoms with E-state index in [-0.39, 0.29) is 0 Å². The van der Waals surface area contributed by atoms with E-state index >= 15 is 0 Å². The SMILES string of the molecule is Cc1ccc(N(c2cccnc2)c2ccc3c(c2)sc2c4ccc(N(c5cccnc5)c5ccc(C)c(-c6ccccc6)c5)cc4c4ccccc4c32)cc1-c1ccccc1. The maximum absolute atomic E-state index is 4.57. The minimum Gasteiger partial charge on any atom is -0.309 e. The second-order valence-corrected chi connectivity index (χ2v) is 16.6. The first-order valence-electron chi connectivity index (χ1n) is 20.6. The van der Waals surface area contributed by atoms with Crippen LogP contribution in [0.15, 0.2) is 207 Å². The van der Waals surface area contributed by atoms with Crippen LogP contribution in [0.3, 0.4) is 0 Å². The van der Waals surface area contributed by atoms with Gasteiger partial charge in [-0.25, -0.2) is 0 Å². The summed E-state index contributed by atoms with van der Waals surface area (Å²) in [4.78, 5) is 13.8. The summed E-state index contributed by atoms with van der Waals surface area (Å²) in [5.41, 5.74) is 13.7. The summed E-state index contributed by atoms with van der Waals surface area (Å²) in [6, 6.07) is 65.9. The molecule has 0 aliphatic rings. The first-order valence-corrected chi connectivity index (χ1v) is 21.4. The topological polar surface area (TPSA) is 32.3 Å². The zero-order chi connectivity index (χ0) is 40.9. The van der Waals surface area contributed by atoms with Crippen LogP contribution >= 0.6 is 11.3 Å². The molecule has 0 aliphatic heterocycles. The third-order valence-corrected chi connectivity index (χ3v) is 13.0. The lowest BCUT2D eigenvalue weighted by atomic mass is 9.96. The number of pyridine rings is 2. The number of nitrogens with zero attached hydrogens (tertiary/aromatic N) is 4. The summed E-state index contributed by atoms with van der Waals surface area (Å²) in [6.45, 7) is 4.37. The molecule has 0 saturated heterocycles. The van der Waals surface area contributed by atoms with Crippen LogP contribution in [0.5, 0.6) is 0 Å². The van der Waals surface area contributed by atoms with E-state index in [1.54, 1.807) is 0 Å². The molecule has 0 aliphatic carbocycles. The van der Waals surface area contributed by atoms with Crippen molar-refractivity contribution < 1.29 is 0 Å². The molecule has 0 spiro atoms. The minimum atomic E-state index is 1.01. The molecule has 11 rings (SSSR count). The molecule has 290 valence electrons. The molecule has 5 heteroatoms. The molecule has 0 bridgehead atoms. The van der Waals surface area contributed by atoms with Crippen LogP contribution in [0.1, 0.15) is 11.1 Å². The molecule has 0 radical (unpaired) electrons. The van der Waals surface area contributed by atoms with Gasteiger partial charge in [0.15, 0.2) is 0 Å². The van der Waals surface area contributed by atoms with Crippen molar-refractivity contribution in [3.05, 3.63) is 218 Å². The first-order chi connectivity index (χ1) is 30.1. The summed E-state index contributed by atoms with van der Waals surface area (Å²) in [7, 11) is 0. The average Bonchev–Trinajstić information content (AvgIpc) is 3.71. The van der Waals surface area contributed by atoms with Crippen molar-refractivity contribution in [1.82, 2.24) is 9.97 Å². The molecule has 61 heavy (non-hydrogen) atoms. The quantitative estimate of drug-likeness (QED) is 0.143. The van der Waals surface area contributed by atoms with Crippen molar-refractivity contribution in [2.45, 2.75) is 13.8 Å². The van der Waals surface area contributed by atoms with Crippen LogP contribution in [0.4, 0.5) is 34.1 Å². The summed E-state index contributed by atoms with van der Waals surface area (Å²) in [5, 5.41) is 7.52. The Morgan fingerprint density at radius 1 is 0.377 bits per heavy atom. The number of thiophene rings is 1. The van der Waals surface area contributed by atoms with E-state index in [2.05, 4.69) is 203 Å². The van der Waals surface area contributed by atoms with Crippen molar-refractivity contribution in [2.24, 2.45) is 0 Å². The Balaban J connectivity index is 1.09. The molecule has 0 unspecified atom stereocenters. The minimum absolute atomic E-state index is 1.01. The summed E-state index contributed by atoms with van der Waals surface area (Å²) in [6.07, 6.45) is 7.57. The average molecular weight is 801 g/mol. The number of aromatic nitrogens is 2. The zero-order valence-electron chi connectivity index (χ0n) is 33.8. The van der Waals surface area contributed by atoms with Gasteiger partial charge < -0.3 is 9.80 Å². The van der Waals surface area contributed by atoms with E-state index in [1.807, 2.05) is 48.3 Å². The first kappa shape index (κ1) is 36.5. The van der Waals surface area contributed by atoms with Gasteiger partial charge in [0.2, 0.25) is 0 Å². The van der Waals surface area contributed by atoms with Gasteiger partial charge in [-0.05, 0) is 136 Å². The van der Waals surface area contributed by atoms with E-state index in [1.165, 1.54) is 75.1 Å². The van der Waals surface area contributed by atoms with Gasteiger partial charge in [-0.3, -0.25) is 9.97 Å².